The highest BCUT2D eigenvalue weighted by Gasteiger charge is 2.27. The van der Waals surface area contributed by atoms with Crippen LogP contribution in [0, 0.1) is 12.8 Å². The van der Waals surface area contributed by atoms with Crippen LogP contribution in [0.15, 0.2) is 48.5 Å². The molecule has 0 aliphatic heterocycles. The summed E-state index contributed by atoms with van der Waals surface area (Å²) in [6, 6.07) is 14.6. The van der Waals surface area contributed by atoms with E-state index in [0.29, 0.717) is 23.5 Å². The number of benzene rings is 2. The number of nitrogens with zero attached hydrogens (tertiary/aromatic N) is 2. The van der Waals surface area contributed by atoms with E-state index in [0.717, 1.165) is 48.9 Å². The molecule has 3 N–H and O–H groups in total. The number of hydrogen-bond donors (Lipinski definition) is 3. The Kier molecular flexibility index (Phi) is 7.54. The zero-order valence-electron chi connectivity index (χ0n) is 20.7. The largest absolute Gasteiger partial charge is 0.507 e. The third-order valence-electron chi connectivity index (χ3n) is 7.04. The van der Waals surface area contributed by atoms with E-state index in [2.05, 4.69) is 15.7 Å². The number of carbonyl (C=O) groups is 2. The number of aromatic hydroxyl groups is 1. The molecule has 7 nitrogen and oxygen atoms in total. The molecule has 1 aromatic heterocycles. The van der Waals surface area contributed by atoms with Gasteiger partial charge in [0.2, 0.25) is 5.91 Å². The van der Waals surface area contributed by atoms with Gasteiger partial charge in [-0.2, -0.15) is 9.78 Å². The molecule has 1 aliphatic rings. The van der Waals surface area contributed by atoms with Crippen LogP contribution in [0.5, 0.6) is 5.75 Å². The summed E-state index contributed by atoms with van der Waals surface area (Å²) in [5, 5.41) is 21.2. The Morgan fingerprint density at radius 3 is 2.49 bits per heavy atom. The van der Waals surface area contributed by atoms with E-state index in [1.54, 1.807) is 12.1 Å². The van der Waals surface area contributed by atoms with Gasteiger partial charge in [0.05, 0.1) is 11.4 Å². The summed E-state index contributed by atoms with van der Waals surface area (Å²) in [7, 11) is 0. The van der Waals surface area contributed by atoms with E-state index >= 15 is 0 Å². The molecule has 35 heavy (non-hydrogen) atoms. The lowest BCUT2D eigenvalue weighted by molar-refractivity contribution is -0.120. The number of carbonyl (C=O) groups excluding carboxylic acids is 2. The molecule has 1 aliphatic carbocycles. The first-order valence-electron chi connectivity index (χ1n) is 12.5. The Balaban J connectivity index is 1.56. The van der Waals surface area contributed by atoms with Crippen LogP contribution in [-0.4, -0.2) is 26.8 Å². The summed E-state index contributed by atoms with van der Waals surface area (Å²) in [4.78, 5) is 25.5. The van der Waals surface area contributed by atoms with Gasteiger partial charge in [-0.1, -0.05) is 44.5 Å². The van der Waals surface area contributed by atoms with Crippen LogP contribution in [0.4, 0.5) is 10.5 Å². The molecular formula is C28H34N4O3. The van der Waals surface area contributed by atoms with Crippen LogP contribution in [0.2, 0.25) is 0 Å². The van der Waals surface area contributed by atoms with E-state index in [4.69, 9.17) is 0 Å². The highest BCUT2D eigenvalue weighted by Crippen LogP contribution is 2.39. The summed E-state index contributed by atoms with van der Waals surface area (Å²) in [6.45, 7) is 6.41. The standard InChI is InChI=1S/C28H34N4O3/c1-4-19(5-2)27(34)30-22-13-14-23(26(33)15-22)24-16-25(20-11-8-12-20)32(31-24)28(35)29-17-21-10-7-6-9-18(21)3/h6-7,9-10,13-16,19-20,33H,4-5,8,11-12,17H2,1-3H3,(H,29,35)(H,30,34). The summed E-state index contributed by atoms with van der Waals surface area (Å²) in [5.74, 6) is 0.179. The fraction of sp³-hybridized carbons (Fsp3) is 0.393. The second-order valence-electron chi connectivity index (χ2n) is 9.31. The number of phenols is 1. The monoisotopic (exact) mass is 474 g/mol. The van der Waals surface area contributed by atoms with Gasteiger partial charge in [0.25, 0.3) is 0 Å². The van der Waals surface area contributed by atoms with Gasteiger partial charge >= 0.3 is 6.03 Å². The average molecular weight is 475 g/mol. The second-order valence-corrected chi connectivity index (χ2v) is 9.31. The predicted octanol–water partition coefficient (Wildman–Crippen LogP) is 5.96. The maximum absolute atomic E-state index is 13.1. The summed E-state index contributed by atoms with van der Waals surface area (Å²) >= 11 is 0. The molecule has 2 aromatic carbocycles. The smallest absolute Gasteiger partial charge is 0.342 e. The summed E-state index contributed by atoms with van der Waals surface area (Å²) in [5.41, 5.74) is 4.64. The predicted molar refractivity (Wildman–Crippen MR) is 137 cm³/mol. The molecule has 3 aromatic rings. The molecule has 0 spiro atoms. The molecule has 4 rings (SSSR count). The number of phenolic OH excluding ortho intramolecular Hbond substituents is 1. The molecule has 1 heterocycles. The Labute approximate surface area is 206 Å². The lowest BCUT2D eigenvalue weighted by Gasteiger charge is -2.25. The minimum atomic E-state index is -0.282. The van der Waals surface area contributed by atoms with Crippen LogP contribution in [0.3, 0.4) is 0 Å². The van der Waals surface area contributed by atoms with E-state index in [-0.39, 0.29) is 29.5 Å². The lowest BCUT2D eigenvalue weighted by atomic mass is 9.82. The van der Waals surface area contributed by atoms with Gasteiger partial charge < -0.3 is 15.7 Å². The van der Waals surface area contributed by atoms with E-state index in [1.165, 1.54) is 10.7 Å². The van der Waals surface area contributed by atoms with Gasteiger partial charge in [-0.15, -0.1) is 0 Å². The molecule has 1 saturated carbocycles. The van der Waals surface area contributed by atoms with Gasteiger partial charge in [-0.25, -0.2) is 4.79 Å². The SMILES string of the molecule is CCC(CC)C(=O)Nc1ccc(-c2cc(C3CCC3)n(C(=O)NCc3ccccc3C)n2)c(O)c1. The van der Waals surface area contributed by atoms with Crippen LogP contribution in [0.1, 0.15) is 68.7 Å². The van der Waals surface area contributed by atoms with Crippen molar-refractivity contribution in [3.8, 4) is 17.0 Å². The quantitative estimate of drug-likeness (QED) is 0.375. The molecule has 0 bridgehead atoms. The van der Waals surface area contributed by atoms with E-state index in [1.807, 2.05) is 51.1 Å². The minimum Gasteiger partial charge on any atom is -0.507 e. The second kappa shape index (κ2) is 10.8. The van der Waals surface area contributed by atoms with Crippen molar-refractivity contribution in [2.45, 2.75) is 65.3 Å². The van der Waals surface area contributed by atoms with Gasteiger partial charge in [0.15, 0.2) is 0 Å². The van der Waals surface area contributed by atoms with Crippen LogP contribution in [-0.2, 0) is 11.3 Å². The molecule has 0 radical (unpaired) electrons. The molecular weight excluding hydrogens is 440 g/mol. The number of anilines is 1. The Bertz CT molecular complexity index is 1210. The van der Waals surface area contributed by atoms with Crippen molar-refractivity contribution in [1.29, 1.82) is 0 Å². The van der Waals surface area contributed by atoms with Crippen LogP contribution >= 0.6 is 0 Å². The molecule has 1 fully saturated rings. The normalized spacial score (nSPS) is 13.5. The summed E-state index contributed by atoms with van der Waals surface area (Å²) in [6.07, 6.45) is 4.69. The molecule has 2 amide bonds. The fourth-order valence-corrected chi connectivity index (χ4v) is 4.47. The van der Waals surface area contributed by atoms with Gasteiger partial charge in [0.1, 0.15) is 5.75 Å². The van der Waals surface area contributed by atoms with Crippen molar-refractivity contribution in [2.75, 3.05) is 5.32 Å². The fourth-order valence-electron chi connectivity index (χ4n) is 4.47. The van der Waals surface area contributed by atoms with Gasteiger partial charge in [0, 0.05) is 35.7 Å². The number of aryl methyl sites for hydroxylation is 1. The number of rotatable bonds is 8. The average Bonchev–Trinajstić information content (AvgIpc) is 3.22. The molecule has 7 heteroatoms. The first kappa shape index (κ1) is 24.5. The molecule has 0 atom stereocenters. The number of aromatic nitrogens is 2. The molecule has 0 saturated heterocycles. The van der Waals surface area contributed by atoms with Crippen molar-refractivity contribution in [3.63, 3.8) is 0 Å². The number of nitrogens with one attached hydrogen (secondary N) is 2. The zero-order chi connectivity index (χ0) is 24.9. The summed E-state index contributed by atoms with van der Waals surface area (Å²) < 4.78 is 1.44. The highest BCUT2D eigenvalue weighted by atomic mass is 16.3. The third-order valence-corrected chi connectivity index (χ3v) is 7.04. The van der Waals surface area contributed by atoms with Crippen LogP contribution in [0.25, 0.3) is 11.3 Å². The molecule has 0 unspecified atom stereocenters. The van der Waals surface area contributed by atoms with Gasteiger partial charge in [-0.05, 0) is 61.9 Å². The Hall–Kier alpha value is -3.61. The van der Waals surface area contributed by atoms with Crippen molar-refractivity contribution < 1.29 is 14.7 Å². The van der Waals surface area contributed by atoms with Crippen molar-refractivity contribution in [2.24, 2.45) is 5.92 Å². The topological polar surface area (TPSA) is 96.3 Å². The Morgan fingerprint density at radius 2 is 1.86 bits per heavy atom. The van der Waals surface area contributed by atoms with Gasteiger partial charge in [-0.3, -0.25) is 4.79 Å². The van der Waals surface area contributed by atoms with Crippen molar-refractivity contribution >= 4 is 17.6 Å². The van der Waals surface area contributed by atoms with Crippen molar-refractivity contribution in [3.05, 3.63) is 65.4 Å². The van der Waals surface area contributed by atoms with E-state index in [9.17, 15) is 14.7 Å². The number of hydrogen-bond acceptors (Lipinski definition) is 4. The number of amides is 2. The maximum atomic E-state index is 13.1. The first-order valence-corrected chi connectivity index (χ1v) is 12.5. The first-order chi connectivity index (χ1) is 16.9. The lowest BCUT2D eigenvalue weighted by Crippen LogP contribution is -2.31. The van der Waals surface area contributed by atoms with Crippen LogP contribution < -0.4 is 10.6 Å². The maximum Gasteiger partial charge on any atom is 0.342 e. The highest BCUT2D eigenvalue weighted by molar-refractivity contribution is 5.93. The molecule has 184 valence electrons. The third kappa shape index (κ3) is 5.39. The van der Waals surface area contributed by atoms with Crippen molar-refractivity contribution in [1.82, 2.24) is 15.1 Å². The van der Waals surface area contributed by atoms with E-state index < -0.39 is 0 Å². The minimum absolute atomic E-state index is 0.0116. The zero-order valence-corrected chi connectivity index (χ0v) is 20.7. The Morgan fingerprint density at radius 1 is 1.11 bits per heavy atom.